The van der Waals surface area contributed by atoms with E-state index in [0.29, 0.717) is 27.3 Å². The Labute approximate surface area is 193 Å². The standard InChI is InChI=1S/C19H11Cl2NO4S.CH4.Li/c20-11-2-3-13(15(21)8-11)18(24)22-16-4-1-10(7-14(16)19(25)26)12-5-6-27-17(12)9-23;;/h1-9H,(H,22,24)(H,25,26);1H4;/q;;+1/p-1. The van der Waals surface area contributed by atoms with Crippen molar-refractivity contribution >= 4 is 58.4 Å². The number of carboxylic acid groups (broad SMARTS) is 1. The van der Waals surface area contributed by atoms with Crippen LogP contribution in [0.25, 0.3) is 11.1 Å². The molecule has 0 saturated carbocycles. The van der Waals surface area contributed by atoms with Gasteiger partial charge in [0.2, 0.25) is 0 Å². The maximum absolute atomic E-state index is 12.4. The molecule has 0 spiro atoms. The maximum Gasteiger partial charge on any atom is 1.00 e. The van der Waals surface area contributed by atoms with Crippen LogP contribution in [-0.2, 0) is 0 Å². The number of amides is 1. The van der Waals surface area contributed by atoms with Gasteiger partial charge in [0, 0.05) is 16.1 Å². The summed E-state index contributed by atoms with van der Waals surface area (Å²) < 4.78 is 0. The summed E-state index contributed by atoms with van der Waals surface area (Å²) in [5.41, 5.74) is 1.12. The van der Waals surface area contributed by atoms with Crippen LogP contribution < -0.4 is 29.3 Å². The van der Waals surface area contributed by atoms with Gasteiger partial charge in [-0.3, -0.25) is 9.59 Å². The first-order valence-electron chi connectivity index (χ1n) is 7.55. The normalized spacial score (nSPS) is 9.72. The summed E-state index contributed by atoms with van der Waals surface area (Å²) in [7, 11) is 0. The van der Waals surface area contributed by atoms with Crippen molar-refractivity contribution in [1.82, 2.24) is 0 Å². The van der Waals surface area contributed by atoms with Gasteiger partial charge in [0.15, 0.2) is 6.29 Å². The third-order valence-corrected chi connectivity index (χ3v) is 5.17. The molecule has 1 heterocycles. The van der Waals surface area contributed by atoms with E-state index < -0.39 is 11.9 Å². The molecule has 5 nitrogen and oxygen atoms in total. The summed E-state index contributed by atoms with van der Waals surface area (Å²) in [6, 6.07) is 10.5. The van der Waals surface area contributed by atoms with Gasteiger partial charge in [-0.15, -0.1) is 11.3 Å². The van der Waals surface area contributed by atoms with E-state index >= 15 is 0 Å². The molecule has 0 saturated heterocycles. The van der Waals surface area contributed by atoms with Crippen LogP contribution in [0.2, 0.25) is 10.0 Å². The monoisotopic (exact) mass is 441 g/mol. The summed E-state index contributed by atoms with van der Waals surface area (Å²) in [5, 5.41) is 16.3. The van der Waals surface area contributed by atoms with E-state index in [-0.39, 0.29) is 48.1 Å². The molecule has 0 atom stereocenters. The van der Waals surface area contributed by atoms with Crippen molar-refractivity contribution in [3.05, 3.63) is 73.9 Å². The Bertz CT molecular complexity index is 1070. The number of benzene rings is 2. The molecule has 3 aromatic rings. The molecule has 0 radical (unpaired) electrons. The SMILES string of the molecule is C.O=Cc1sccc1-c1ccc(NC(=O)c2ccc(Cl)cc2Cl)c(C(=O)[O-])c1.[Li+]. The van der Waals surface area contributed by atoms with Gasteiger partial charge in [0.1, 0.15) is 0 Å². The number of hydrogen-bond acceptors (Lipinski definition) is 5. The molecule has 0 aliphatic heterocycles. The predicted molar refractivity (Wildman–Crippen MR) is 111 cm³/mol. The Hall–Kier alpha value is -2.07. The fraction of sp³-hybridized carbons (Fsp3) is 0.0500. The Morgan fingerprint density at radius 3 is 2.38 bits per heavy atom. The minimum absolute atomic E-state index is 0. The molecule has 1 N–H and O–H groups in total. The average molecular weight is 442 g/mol. The molecule has 0 bridgehead atoms. The van der Waals surface area contributed by atoms with Gasteiger partial charge in [-0.25, -0.2) is 0 Å². The molecule has 144 valence electrons. The van der Waals surface area contributed by atoms with E-state index in [1.807, 2.05) is 0 Å². The van der Waals surface area contributed by atoms with Gasteiger partial charge in [0.05, 0.1) is 27.1 Å². The minimum atomic E-state index is -1.46. The average Bonchev–Trinajstić information content (AvgIpc) is 3.10. The van der Waals surface area contributed by atoms with Crippen molar-refractivity contribution in [2.45, 2.75) is 7.43 Å². The van der Waals surface area contributed by atoms with E-state index in [1.165, 1.54) is 41.7 Å². The van der Waals surface area contributed by atoms with Gasteiger partial charge < -0.3 is 15.2 Å². The number of halogens is 2. The summed E-state index contributed by atoms with van der Waals surface area (Å²) in [4.78, 5) is 35.6. The van der Waals surface area contributed by atoms with Crippen LogP contribution in [-0.4, -0.2) is 18.2 Å². The molecular weight excluding hydrogens is 428 g/mol. The third-order valence-electron chi connectivity index (χ3n) is 3.78. The van der Waals surface area contributed by atoms with Crippen LogP contribution in [0.3, 0.4) is 0 Å². The molecular formula is C20H14Cl2LiNO4S. The smallest absolute Gasteiger partial charge is 0.545 e. The second-order valence-electron chi connectivity index (χ2n) is 5.44. The molecule has 1 amide bonds. The molecule has 2 aromatic carbocycles. The van der Waals surface area contributed by atoms with Crippen molar-refractivity contribution in [1.29, 1.82) is 0 Å². The molecule has 9 heteroatoms. The summed E-state index contributed by atoms with van der Waals surface area (Å²) in [6.07, 6.45) is 0.705. The molecule has 0 fully saturated rings. The zero-order chi connectivity index (χ0) is 19.6. The molecule has 0 aliphatic carbocycles. The minimum Gasteiger partial charge on any atom is -0.545 e. The fourth-order valence-electron chi connectivity index (χ4n) is 2.50. The first kappa shape index (κ1) is 25.0. The first-order chi connectivity index (χ1) is 12.9. The van der Waals surface area contributed by atoms with E-state index in [0.717, 1.165) is 0 Å². The molecule has 29 heavy (non-hydrogen) atoms. The van der Waals surface area contributed by atoms with Crippen molar-refractivity contribution in [3.8, 4) is 11.1 Å². The third kappa shape index (κ3) is 5.50. The van der Waals surface area contributed by atoms with E-state index in [9.17, 15) is 19.5 Å². The van der Waals surface area contributed by atoms with Crippen molar-refractivity contribution in [2.75, 3.05) is 5.32 Å². The van der Waals surface area contributed by atoms with Crippen LogP contribution in [0.1, 0.15) is 37.8 Å². The summed E-state index contributed by atoms with van der Waals surface area (Å²) in [5.74, 6) is -2.05. The van der Waals surface area contributed by atoms with Crippen molar-refractivity contribution < 1.29 is 38.4 Å². The number of carbonyl (C=O) groups excluding carboxylic acids is 3. The fourth-order valence-corrected chi connectivity index (χ4v) is 3.72. The zero-order valence-corrected chi connectivity index (χ0v) is 16.8. The van der Waals surface area contributed by atoms with Crippen molar-refractivity contribution in [3.63, 3.8) is 0 Å². The first-order valence-corrected chi connectivity index (χ1v) is 9.19. The predicted octanol–water partition coefficient (Wildman–Crippen LogP) is 1.79. The van der Waals surface area contributed by atoms with Crippen LogP contribution in [0.5, 0.6) is 0 Å². The molecule has 1 aromatic heterocycles. The van der Waals surface area contributed by atoms with E-state index in [4.69, 9.17) is 23.2 Å². The van der Waals surface area contributed by atoms with Crippen LogP contribution in [0, 0.1) is 0 Å². The van der Waals surface area contributed by atoms with Gasteiger partial charge in [-0.05, 0) is 47.3 Å². The molecule has 3 rings (SSSR count). The Morgan fingerprint density at radius 1 is 1.03 bits per heavy atom. The number of aldehydes is 1. The van der Waals surface area contributed by atoms with Gasteiger partial charge in [-0.1, -0.05) is 36.7 Å². The summed E-state index contributed by atoms with van der Waals surface area (Å²) >= 11 is 13.1. The maximum atomic E-state index is 12.4. The van der Waals surface area contributed by atoms with E-state index in [2.05, 4.69) is 5.32 Å². The van der Waals surface area contributed by atoms with Gasteiger partial charge in [0.25, 0.3) is 5.91 Å². The number of anilines is 1. The second-order valence-corrected chi connectivity index (χ2v) is 7.23. The largest absolute Gasteiger partial charge is 1.00 e. The van der Waals surface area contributed by atoms with Crippen LogP contribution in [0.15, 0.2) is 47.8 Å². The Morgan fingerprint density at radius 2 is 1.76 bits per heavy atom. The van der Waals surface area contributed by atoms with Crippen molar-refractivity contribution in [2.24, 2.45) is 0 Å². The van der Waals surface area contributed by atoms with Gasteiger partial charge >= 0.3 is 18.9 Å². The Balaban J connectivity index is 0.00000210. The number of carboxylic acids is 1. The van der Waals surface area contributed by atoms with Gasteiger partial charge in [-0.2, -0.15) is 0 Å². The topological polar surface area (TPSA) is 86.3 Å². The number of rotatable bonds is 5. The molecule has 0 aliphatic rings. The Kier molecular flexibility index (Phi) is 9.15. The number of thiophene rings is 1. The number of aromatic carboxylic acids is 1. The molecule has 0 unspecified atom stereocenters. The van der Waals surface area contributed by atoms with Crippen LogP contribution in [0.4, 0.5) is 5.69 Å². The summed E-state index contributed by atoms with van der Waals surface area (Å²) in [6.45, 7) is 0. The second kappa shape index (κ2) is 10.6. The number of nitrogens with one attached hydrogen (secondary N) is 1. The zero-order valence-electron chi connectivity index (χ0n) is 14.5. The van der Waals surface area contributed by atoms with Crippen LogP contribution >= 0.6 is 34.5 Å². The van der Waals surface area contributed by atoms with E-state index in [1.54, 1.807) is 17.5 Å². The number of carbonyl (C=O) groups is 3. The number of hydrogen-bond donors (Lipinski definition) is 1. The quantitative estimate of drug-likeness (QED) is 0.483.